The van der Waals surface area contributed by atoms with Crippen molar-refractivity contribution in [3.8, 4) is 5.75 Å². The normalized spacial score (nSPS) is 14.4. The predicted molar refractivity (Wildman–Crippen MR) is 114 cm³/mol. The van der Waals surface area contributed by atoms with Crippen LogP contribution in [0.4, 0.5) is 5.69 Å². The van der Waals surface area contributed by atoms with Crippen LogP contribution in [-0.2, 0) is 11.3 Å². The number of methoxy groups -OCH3 is 1. The van der Waals surface area contributed by atoms with E-state index in [0.29, 0.717) is 53.0 Å². The van der Waals surface area contributed by atoms with Gasteiger partial charge in [0, 0.05) is 43.0 Å². The number of aromatic amines is 1. The fraction of sp³-hybridized carbons (Fsp3) is 0.300. The second-order valence-corrected chi connectivity index (χ2v) is 7.71. The highest BCUT2D eigenvalue weighted by Gasteiger charge is 2.23. The van der Waals surface area contributed by atoms with Gasteiger partial charge in [-0.25, -0.2) is 4.79 Å². The number of hydrogen-bond donors (Lipinski definition) is 1. The highest BCUT2D eigenvalue weighted by molar-refractivity contribution is 6.32. The lowest BCUT2D eigenvalue weighted by molar-refractivity contribution is -0.132. The molecule has 3 aromatic rings. The number of ether oxygens (including phenoxy) is 1. The summed E-state index contributed by atoms with van der Waals surface area (Å²) in [6.07, 6.45) is 0. The third kappa shape index (κ3) is 3.93. The van der Waals surface area contributed by atoms with Gasteiger partial charge in [0.05, 0.1) is 23.2 Å². The summed E-state index contributed by atoms with van der Waals surface area (Å²) in [4.78, 5) is 31.8. The average Bonchev–Trinajstić information content (AvgIpc) is 3.03. The molecule has 4 rings (SSSR count). The molecule has 0 atom stereocenters. The molecule has 2 heterocycles. The third-order valence-electron chi connectivity index (χ3n) is 5.16. The van der Waals surface area contributed by atoms with Gasteiger partial charge in [-0.2, -0.15) is 0 Å². The number of aromatic nitrogens is 2. The Bertz CT molecular complexity index is 1120. The minimum atomic E-state index is -0.317. The van der Waals surface area contributed by atoms with Crippen LogP contribution in [0.5, 0.6) is 5.75 Å². The monoisotopic (exact) mass is 434 g/mol. The molecule has 0 radical (unpaired) electrons. The van der Waals surface area contributed by atoms with Crippen molar-refractivity contribution in [2.75, 3.05) is 38.2 Å². The number of carbonyl (C=O) groups is 1. The number of fused-ring (bicyclic) bond motifs is 1. The Labute approximate surface area is 177 Å². The van der Waals surface area contributed by atoms with Gasteiger partial charge in [-0.05, 0) is 30.3 Å². The van der Waals surface area contributed by atoms with Crippen LogP contribution in [0.3, 0.4) is 0 Å². The summed E-state index contributed by atoms with van der Waals surface area (Å²) in [6, 6.07) is 10.8. The highest BCUT2D eigenvalue weighted by atomic mass is 35.5. The Morgan fingerprint density at radius 1 is 1.10 bits per heavy atom. The molecule has 9 heteroatoms. The molecule has 1 N–H and O–H groups in total. The molecule has 0 saturated carbocycles. The summed E-state index contributed by atoms with van der Waals surface area (Å²) in [6.45, 7) is 2.49. The molecule has 7 nitrogen and oxygen atoms in total. The first kappa shape index (κ1) is 19.7. The zero-order valence-corrected chi connectivity index (χ0v) is 17.3. The lowest BCUT2D eigenvalue weighted by Crippen LogP contribution is -2.50. The van der Waals surface area contributed by atoms with E-state index in [9.17, 15) is 9.59 Å². The maximum atomic E-state index is 12.8. The Kier molecular flexibility index (Phi) is 5.43. The molecule has 1 aromatic heterocycles. The molecule has 0 aliphatic carbocycles. The van der Waals surface area contributed by atoms with Gasteiger partial charge < -0.3 is 19.5 Å². The van der Waals surface area contributed by atoms with Gasteiger partial charge in [0.1, 0.15) is 12.3 Å². The number of carbonyl (C=O) groups excluding carboxylic acids is 1. The fourth-order valence-electron chi connectivity index (χ4n) is 3.58. The van der Waals surface area contributed by atoms with Crippen LogP contribution in [0, 0.1) is 0 Å². The van der Waals surface area contributed by atoms with Crippen molar-refractivity contribution < 1.29 is 9.53 Å². The van der Waals surface area contributed by atoms with E-state index in [4.69, 9.17) is 27.9 Å². The number of benzene rings is 2. The number of imidazole rings is 1. The Hall–Kier alpha value is -2.64. The van der Waals surface area contributed by atoms with Crippen molar-refractivity contribution >= 4 is 45.8 Å². The lowest BCUT2D eigenvalue weighted by Gasteiger charge is -2.36. The fourth-order valence-corrected chi connectivity index (χ4v) is 3.94. The third-order valence-corrected chi connectivity index (χ3v) is 5.71. The summed E-state index contributed by atoms with van der Waals surface area (Å²) < 4.78 is 6.71. The molecule has 0 unspecified atom stereocenters. The summed E-state index contributed by atoms with van der Waals surface area (Å²) in [7, 11) is 1.58. The molecule has 1 aliphatic heterocycles. The number of halogens is 2. The van der Waals surface area contributed by atoms with Crippen LogP contribution >= 0.6 is 23.2 Å². The van der Waals surface area contributed by atoms with E-state index >= 15 is 0 Å². The quantitative estimate of drug-likeness (QED) is 0.684. The topological polar surface area (TPSA) is 70.6 Å². The number of nitrogens with zero attached hydrogens (tertiary/aromatic N) is 3. The van der Waals surface area contributed by atoms with Crippen LogP contribution < -0.4 is 15.3 Å². The second-order valence-electron chi connectivity index (χ2n) is 6.86. The van der Waals surface area contributed by atoms with Crippen molar-refractivity contribution in [2.24, 2.45) is 0 Å². The van der Waals surface area contributed by atoms with Gasteiger partial charge in [-0.15, -0.1) is 0 Å². The zero-order chi connectivity index (χ0) is 20.5. The molecule has 152 valence electrons. The first-order valence-corrected chi connectivity index (χ1v) is 9.96. The largest absolute Gasteiger partial charge is 0.495 e. The maximum Gasteiger partial charge on any atom is 0.326 e. The van der Waals surface area contributed by atoms with E-state index in [1.807, 2.05) is 18.2 Å². The van der Waals surface area contributed by atoms with Crippen LogP contribution in [0.15, 0.2) is 41.2 Å². The Balaban J connectivity index is 1.44. The van der Waals surface area contributed by atoms with Crippen molar-refractivity contribution in [1.29, 1.82) is 0 Å². The van der Waals surface area contributed by atoms with Gasteiger partial charge >= 0.3 is 5.69 Å². The van der Waals surface area contributed by atoms with Crippen LogP contribution in [0.25, 0.3) is 11.0 Å². The molecule has 0 spiro atoms. The van der Waals surface area contributed by atoms with E-state index in [1.165, 1.54) is 4.57 Å². The van der Waals surface area contributed by atoms with Crippen LogP contribution in [0.2, 0.25) is 10.0 Å². The summed E-state index contributed by atoms with van der Waals surface area (Å²) in [5, 5.41) is 1.08. The van der Waals surface area contributed by atoms with Crippen molar-refractivity contribution in [2.45, 2.75) is 6.54 Å². The van der Waals surface area contributed by atoms with Crippen LogP contribution in [-0.4, -0.2) is 53.6 Å². The molecular formula is C20H20Cl2N4O3. The summed E-state index contributed by atoms with van der Waals surface area (Å²) in [5.74, 6) is 0.529. The highest BCUT2D eigenvalue weighted by Crippen LogP contribution is 2.29. The zero-order valence-electron chi connectivity index (χ0n) is 15.8. The molecule has 1 aliphatic rings. The predicted octanol–water partition coefficient (Wildman–Crippen LogP) is 2.99. The minimum absolute atomic E-state index is 0.0199. The molecule has 1 amide bonds. The molecule has 1 fully saturated rings. The number of amides is 1. The Morgan fingerprint density at radius 3 is 2.59 bits per heavy atom. The van der Waals surface area contributed by atoms with E-state index in [2.05, 4.69) is 9.88 Å². The second kappa shape index (κ2) is 8.00. The Morgan fingerprint density at radius 2 is 1.86 bits per heavy atom. The molecule has 0 bridgehead atoms. The van der Waals surface area contributed by atoms with Gasteiger partial charge in [-0.1, -0.05) is 23.2 Å². The molecule has 29 heavy (non-hydrogen) atoms. The standard InChI is InChI=1S/C20H20Cl2N4O3/c1-29-18-11-14(3-4-15(18)22)24-6-8-25(9-7-24)19(27)12-26-17-10-13(21)2-5-16(17)23-20(26)28/h2-5,10-11H,6-9,12H2,1H3,(H,23,28). The van der Waals surface area contributed by atoms with Gasteiger partial charge in [0.2, 0.25) is 5.91 Å². The van der Waals surface area contributed by atoms with E-state index in [0.717, 1.165) is 5.69 Å². The first-order valence-electron chi connectivity index (χ1n) is 9.20. The SMILES string of the molecule is COc1cc(N2CCN(C(=O)Cn3c(=O)[nH]c4ccc(Cl)cc43)CC2)ccc1Cl. The average molecular weight is 435 g/mol. The maximum absolute atomic E-state index is 12.8. The number of hydrogen-bond acceptors (Lipinski definition) is 4. The first-order chi connectivity index (χ1) is 14.0. The lowest BCUT2D eigenvalue weighted by atomic mass is 10.2. The smallest absolute Gasteiger partial charge is 0.326 e. The van der Waals surface area contributed by atoms with Crippen molar-refractivity contribution in [3.63, 3.8) is 0 Å². The number of nitrogens with one attached hydrogen (secondary N) is 1. The van der Waals surface area contributed by atoms with E-state index in [1.54, 1.807) is 30.2 Å². The van der Waals surface area contributed by atoms with Gasteiger partial charge in [0.25, 0.3) is 0 Å². The summed E-state index contributed by atoms with van der Waals surface area (Å²) >= 11 is 12.1. The van der Waals surface area contributed by atoms with Crippen LogP contribution in [0.1, 0.15) is 0 Å². The molecule has 2 aromatic carbocycles. The van der Waals surface area contributed by atoms with E-state index in [-0.39, 0.29) is 18.1 Å². The number of piperazine rings is 1. The molecular weight excluding hydrogens is 415 g/mol. The van der Waals surface area contributed by atoms with E-state index < -0.39 is 0 Å². The van der Waals surface area contributed by atoms with Crippen molar-refractivity contribution in [1.82, 2.24) is 14.5 Å². The minimum Gasteiger partial charge on any atom is -0.495 e. The van der Waals surface area contributed by atoms with Gasteiger partial charge in [0.15, 0.2) is 0 Å². The molecule has 1 saturated heterocycles. The number of H-pyrrole nitrogens is 1. The number of anilines is 1. The summed E-state index contributed by atoms with van der Waals surface area (Å²) in [5.41, 5.74) is 1.97. The number of rotatable bonds is 4. The van der Waals surface area contributed by atoms with Crippen molar-refractivity contribution in [3.05, 3.63) is 56.9 Å². The van der Waals surface area contributed by atoms with Gasteiger partial charge in [-0.3, -0.25) is 9.36 Å².